The fourth-order valence-corrected chi connectivity index (χ4v) is 7.87. The van der Waals surface area contributed by atoms with Crippen LogP contribution in [-0.2, 0) is 58.4 Å². The van der Waals surface area contributed by atoms with Gasteiger partial charge >= 0.3 is 19.8 Å². The zero-order valence-electron chi connectivity index (χ0n) is 38.5. The summed E-state index contributed by atoms with van der Waals surface area (Å²) >= 11 is 0. The lowest BCUT2D eigenvalue weighted by Gasteiger charge is -2.24. The second-order valence-corrected chi connectivity index (χ2v) is 19.0. The molecule has 2 aromatic rings. The van der Waals surface area contributed by atoms with Crippen molar-refractivity contribution in [2.75, 3.05) is 47.5 Å². The van der Waals surface area contributed by atoms with Crippen LogP contribution in [0.3, 0.4) is 0 Å². The number of esters is 2. The first-order chi connectivity index (χ1) is 28.1. The standard InChI is InChI=1S/C47H82NO10P/c1-9-27-41-35-38(3)43(56-41)29-23-19-15-11-14-18-22-26-32-47(50)57-42(37-55-59(51,52)54-34-33-48(6,7)8)36-53-46(49)31-25-21-17-13-12-16-20-24-30-45-40(5)39(4)44(58-45)28-10-2/h35,42H,9-34,36-37H2,1-8H3/p+1. The summed E-state index contributed by atoms with van der Waals surface area (Å²) in [6.07, 6.45) is 22.6. The lowest BCUT2D eigenvalue weighted by molar-refractivity contribution is -0.870. The van der Waals surface area contributed by atoms with E-state index in [0.717, 1.165) is 113 Å². The predicted molar refractivity (Wildman–Crippen MR) is 236 cm³/mol. The number of rotatable bonds is 36. The Morgan fingerprint density at radius 1 is 0.644 bits per heavy atom. The maximum absolute atomic E-state index is 12.8. The number of carbonyl (C=O) groups is 2. The number of quaternary nitrogens is 1. The normalized spacial score (nSPS) is 13.4. The third-order valence-corrected chi connectivity index (χ3v) is 11.9. The average molecular weight is 853 g/mol. The second-order valence-electron chi connectivity index (χ2n) is 17.6. The number of likely N-dealkylation sites (N-methyl/N-ethyl adjacent to an activating group) is 1. The summed E-state index contributed by atoms with van der Waals surface area (Å²) in [4.78, 5) is 35.6. The van der Waals surface area contributed by atoms with E-state index in [2.05, 4.69) is 40.7 Å². The molecule has 12 heteroatoms. The maximum atomic E-state index is 12.8. The number of carbonyl (C=O) groups excluding carboxylic acids is 2. The van der Waals surface area contributed by atoms with Gasteiger partial charge in [-0.25, -0.2) is 4.57 Å². The summed E-state index contributed by atoms with van der Waals surface area (Å²) in [7, 11) is 1.44. The fourth-order valence-electron chi connectivity index (χ4n) is 7.13. The van der Waals surface area contributed by atoms with Gasteiger partial charge in [-0.1, -0.05) is 90.9 Å². The second kappa shape index (κ2) is 29.8. The van der Waals surface area contributed by atoms with Crippen molar-refractivity contribution in [2.24, 2.45) is 0 Å². The van der Waals surface area contributed by atoms with E-state index in [1.54, 1.807) is 0 Å². The van der Waals surface area contributed by atoms with Gasteiger partial charge in [0.1, 0.15) is 42.8 Å². The third kappa shape index (κ3) is 24.6. The number of aryl methyl sites for hydroxylation is 5. The first-order valence-electron chi connectivity index (χ1n) is 23.1. The van der Waals surface area contributed by atoms with Gasteiger partial charge in [0.25, 0.3) is 0 Å². The third-order valence-electron chi connectivity index (χ3n) is 10.9. The smallest absolute Gasteiger partial charge is 0.466 e. The molecule has 0 fully saturated rings. The van der Waals surface area contributed by atoms with E-state index in [1.165, 1.54) is 55.2 Å². The van der Waals surface area contributed by atoms with Crippen molar-refractivity contribution in [3.8, 4) is 0 Å². The van der Waals surface area contributed by atoms with Gasteiger partial charge < -0.3 is 27.7 Å². The van der Waals surface area contributed by atoms with Crippen LogP contribution >= 0.6 is 7.82 Å². The molecule has 2 aromatic heterocycles. The minimum Gasteiger partial charge on any atom is -0.466 e. The van der Waals surface area contributed by atoms with E-state index in [-0.39, 0.29) is 32.0 Å². The maximum Gasteiger partial charge on any atom is 0.472 e. The van der Waals surface area contributed by atoms with Gasteiger partial charge in [0, 0.05) is 38.5 Å². The van der Waals surface area contributed by atoms with Crippen molar-refractivity contribution in [1.82, 2.24) is 0 Å². The molecule has 2 rings (SSSR count). The van der Waals surface area contributed by atoms with E-state index in [9.17, 15) is 19.0 Å². The monoisotopic (exact) mass is 853 g/mol. The summed E-state index contributed by atoms with van der Waals surface area (Å²) in [5.74, 6) is 3.69. The molecule has 0 aromatic carbocycles. The first kappa shape index (κ1) is 52.7. The number of phosphoric acid groups is 1. The summed E-state index contributed by atoms with van der Waals surface area (Å²) in [6, 6.07) is 2.18. The zero-order chi connectivity index (χ0) is 43.5. The van der Waals surface area contributed by atoms with Crippen LogP contribution in [0.4, 0.5) is 0 Å². The minimum atomic E-state index is -4.40. The highest BCUT2D eigenvalue weighted by atomic mass is 31.2. The van der Waals surface area contributed by atoms with Gasteiger partial charge in [-0.15, -0.1) is 0 Å². The molecule has 2 heterocycles. The van der Waals surface area contributed by atoms with E-state index >= 15 is 0 Å². The summed E-state index contributed by atoms with van der Waals surface area (Å²) in [5, 5.41) is 0. The summed E-state index contributed by atoms with van der Waals surface area (Å²) < 4.78 is 46.6. The summed E-state index contributed by atoms with van der Waals surface area (Å²) in [6.45, 7) is 10.7. The van der Waals surface area contributed by atoms with Crippen LogP contribution in [0.25, 0.3) is 0 Å². The van der Waals surface area contributed by atoms with Crippen molar-refractivity contribution in [3.05, 3.63) is 45.8 Å². The first-order valence-corrected chi connectivity index (χ1v) is 24.6. The Bertz CT molecular complexity index is 1490. The Balaban J connectivity index is 1.63. The van der Waals surface area contributed by atoms with Crippen molar-refractivity contribution < 1.29 is 50.9 Å². The molecule has 0 spiro atoms. The topological polar surface area (TPSA) is 135 Å². The van der Waals surface area contributed by atoms with E-state index in [4.69, 9.17) is 27.4 Å². The highest BCUT2D eigenvalue weighted by molar-refractivity contribution is 7.47. The molecule has 0 aliphatic rings. The van der Waals surface area contributed by atoms with Crippen molar-refractivity contribution in [1.29, 1.82) is 0 Å². The number of furan rings is 2. The van der Waals surface area contributed by atoms with Gasteiger partial charge in [-0.2, -0.15) is 0 Å². The van der Waals surface area contributed by atoms with Crippen LogP contribution in [0.1, 0.15) is 182 Å². The fraction of sp³-hybridized carbons (Fsp3) is 0.787. The molecule has 1 N–H and O–H groups in total. The van der Waals surface area contributed by atoms with Gasteiger partial charge in [-0.05, 0) is 82.1 Å². The molecule has 0 radical (unpaired) electrons. The summed E-state index contributed by atoms with van der Waals surface area (Å²) in [5.41, 5.74) is 3.90. The van der Waals surface area contributed by atoms with Gasteiger partial charge in [0.05, 0.1) is 27.7 Å². The number of hydrogen-bond donors (Lipinski definition) is 1. The molecule has 11 nitrogen and oxygen atoms in total. The van der Waals surface area contributed by atoms with Gasteiger partial charge in [0.2, 0.25) is 0 Å². The van der Waals surface area contributed by atoms with E-state index in [0.29, 0.717) is 23.9 Å². The van der Waals surface area contributed by atoms with E-state index in [1.807, 2.05) is 21.1 Å². The molecule has 0 saturated carbocycles. The Morgan fingerprint density at radius 3 is 1.68 bits per heavy atom. The lowest BCUT2D eigenvalue weighted by atomic mass is 10.0. The van der Waals surface area contributed by atoms with Crippen molar-refractivity contribution in [3.63, 3.8) is 0 Å². The van der Waals surface area contributed by atoms with Crippen LogP contribution < -0.4 is 0 Å². The van der Waals surface area contributed by atoms with Crippen LogP contribution in [0.2, 0.25) is 0 Å². The number of ether oxygens (including phenoxy) is 2. The predicted octanol–water partition coefficient (Wildman–Crippen LogP) is 11.8. The van der Waals surface area contributed by atoms with Gasteiger partial charge in [0.15, 0.2) is 6.10 Å². The number of phosphoric ester groups is 1. The Labute approximate surface area is 357 Å². The molecule has 59 heavy (non-hydrogen) atoms. The molecule has 0 saturated heterocycles. The molecule has 2 unspecified atom stereocenters. The van der Waals surface area contributed by atoms with Crippen LogP contribution in [0.5, 0.6) is 0 Å². The number of hydrogen-bond acceptors (Lipinski definition) is 9. The molecule has 0 amide bonds. The quantitative estimate of drug-likeness (QED) is 0.0305. The highest BCUT2D eigenvalue weighted by Gasteiger charge is 2.27. The minimum absolute atomic E-state index is 0.0202. The van der Waals surface area contributed by atoms with Crippen molar-refractivity contribution in [2.45, 2.75) is 195 Å². The van der Waals surface area contributed by atoms with Crippen molar-refractivity contribution >= 4 is 19.8 Å². The van der Waals surface area contributed by atoms with E-state index < -0.39 is 26.5 Å². The number of unbranched alkanes of at least 4 members (excludes halogenated alkanes) is 14. The lowest BCUT2D eigenvalue weighted by Crippen LogP contribution is -2.37. The average Bonchev–Trinajstić information content (AvgIpc) is 3.66. The molecule has 2 atom stereocenters. The van der Waals surface area contributed by atoms with Crippen LogP contribution in [0.15, 0.2) is 14.9 Å². The molecule has 0 bridgehead atoms. The zero-order valence-corrected chi connectivity index (χ0v) is 39.4. The molecular formula is C47H83NO10P+. The van der Waals surface area contributed by atoms with Crippen LogP contribution in [0, 0.1) is 20.8 Å². The SMILES string of the molecule is CCCc1cc(C)c(CCCCCCCCCCC(=O)OC(COC(=O)CCCCCCCCCCc2oc(CCC)c(C)c2C)COP(=O)(O)OCC[N+](C)(C)C)o1. The highest BCUT2D eigenvalue weighted by Crippen LogP contribution is 2.43. The molecule has 0 aliphatic carbocycles. The number of nitrogens with zero attached hydrogens (tertiary/aromatic N) is 1. The Kier molecular flexibility index (Phi) is 26.6. The molecular weight excluding hydrogens is 769 g/mol. The van der Waals surface area contributed by atoms with Gasteiger partial charge in [-0.3, -0.25) is 18.6 Å². The van der Waals surface area contributed by atoms with Crippen LogP contribution in [-0.4, -0.2) is 74.9 Å². The Hall–Kier alpha value is -2.43. The largest absolute Gasteiger partial charge is 0.472 e. The molecule has 340 valence electrons. The molecule has 0 aliphatic heterocycles. The Morgan fingerprint density at radius 2 is 1.14 bits per heavy atom.